The summed E-state index contributed by atoms with van der Waals surface area (Å²) in [6.45, 7) is 3.84. The minimum absolute atomic E-state index is 0.305. The molecule has 0 fully saturated rings. The molecule has 0 saturated carbocycles. The van der Waals surface area contributed by atoms with Crippen LogP contribution in [0.2, 0.25) is 0 Å². The number of hydrogen-bond donors (Lipinski definition) is 1. The lowest BCUT2D eigenvalue weighted by atomic mass is 10.1. The Morgan fingerprint density at radius 2 is 2.18 bits per heavy atom. The fourth-order valence-corrected chi connectivity index (χ4v) is 1.68. The normalized spacial score (nSPS) is 12.4. The highest BCUT2D eigenvalue weighted by atomic mass is 16.5. The summed E-state index contributed by atoms with van der Waals surface area (Å²) in [7, 11) is 3.35. The molecule has 0 spiro atoms. The average Bonchev–Trinajstić information content (AvgIpc) is 2.36. The van der Waals surface area contributed by atoms with E-state index in [1.54, 1.807) is 14.2 Å². The Balaban J connectivity index is 2.57. The SMILES string of the molecule is CCCNC(COC)Cc1cccc(OC)n1. The topological polar surface area (TPSA) is 43.4 Å². The van der Waals surface area contributed by atoms with Gasteiger partial charge < -0.3 is 14.8 Å². The largest absolute Gasteiger partial charge is 0.481 e. The standard InChI is InChI=1S/C13H22N2O2/c1-4-8-14-12(10-16-2)9-11-6-5-7-13(15-11)17-3/h5-7,12,14H,4,8-10H2,1-3H3. The predicted molar refractivity (Wildman–Crippen MR) is 68.5 cm³/mol. The predicted octanol–water partition coefficient (Wildman–Crippen LogP) is 1.65. The van der Waals surface area contributed by atoms with Crippen LogP contribution in [0.15, 0.2) is 18.2 Å². The Kier molecular flexibility index (Phi) is 6.58. The van der Waals surface area contributed by atoms with Crippen LogP contribution in [0.5, 0.6) is 5.88 Å². The minimum Gasteiger partial charge on any atom is -0.481 e. The van der Waals surface area contributed by atoms with Crippen molar-refractivity contribution in [2.24, 2.45) is 0 Å². The molecule has 0 aromatic carbocycles. The summed E-state index contributed by atoms with van der Waals surface area (Å²) in [6.07, 6.45) is 1.97. The van der Waals surface area contributed by atoms with Crippen LogP contribution in [-0.4, -0.2) is 38.4 Å². The van der Waals surface area contributed by atoms with Gasteiger partial charge in [0.25, 0.3) is 0 Å². The number of pyridine rings is 1. The van der Waals surface area contributed by atoms with Gasteiger partial charge in [0.15, 0.2) is 0 Å². The second-order valence-electron chi connectivity index (χ2n) is 3.98. The summed E-state index contributed by atoms with van der Waals surface area (Å²) < 4.78 is 10.3. The number of methoxy groups -OCH3 is 2. The molecule has 0 saturated heterocycles. The highest BCUT2D eigenvalue weighted by Crippen LogP contribution is 2.08. The molecular formula is C13H22N2O2. The monoisotopic (exact) mass is 238 g/mol. The molecule has 0 aliphatic carbocycles. The Labute approximate surface area is 103 Å². The molecule has 0 amide bonds. The molecule has 1 heterocycles. The van der Waals surface area contributed by atoms with Gasteiger partial charge in [-0.3, -0.25) is 0 Å². The molecule has 0 aliphatic rings. The molecule has 1 rings (SSSR count). The zero-order valence-corrected chi connectivity index (χ0v) is 10.9. The van der Waals surface area contributed by atoms with Crippen LogP contribution >= 0.6 is 0 Å². The lowest BCUT2D eigenvalue weighted by molar-refractivity contribution is 0.165. The molecule has 1 atom stereocenters. The van der Waals surface area contributed by atoms with Crippen molar-refractivity contribution in [1.29, 1.82) is 0 Å². The van der Waals surface area contributed by atoms with E-state index < -0.39 is 0 Å². The second-order valence-corrected chi connectivity index (χ2v) is 3.98. The first-order valence-corrected chi connectivity index (χ1v) is 6.02. The van der Waals surface area contributed by atoms with E-state index in [1.165, 1.54) is 0 Å². The van der Waals surface area contributed by atoms with Gasteiger partial charge in [0.2, 0.25) is 5.88 Å². The van der Waals surface area contributed by atoms with Crippen LogP contribution < -0.4 is 10.1 Å². The molecule has 17 heavy (non-hydrogen) atoms. The quantitative estimate of drug-likeness (QED) is 0.748. The zero-order valence-electron chi connectivity index (χ0n) is 10.9. The number of nitrogens with zero attached hydrogens (tertiary/aromatic N) is 1. The van der Waals surface area contributed by atoms with Crippen LogP contribution in [0.3, 0.4) is 0 Å². The van der Waals surface area contributed by atoms with Crippen molar-refractivity contribution < 1.29 is 9.47 Å². The van der Waals surface area contributed by atoms with E-state index in [0.29, 0.717) is 18.5 Å². The smallest absolute Gasteiger partial charge is 0.213 e. The first-order chi connectivity index (χ1) is 8.30. The van der Waals surface area contributed by atoms with Crippen molar-refractivity contribution in [3.63, 3.8) is 0 Å². The molecule has 1 aromatic heterocycles. The zero-order chi connectivity index (χ0) is 12.5. The first kappa shape index (κ1) is 13.9. The Morgan fingerprint density at radius 3 is 2.82 bits per heavy atom. The van der Waals surface area contributed by atoms with Gasteiger partial charge in [-0.1, -0.05) is 13.0 Å². The van der Waals surface area contributed by atoms with Crippen molar-refractivity contribution in [1.82, 2.24) is 10.3 Å². The molecule has 0 bridgehead atoms. The van der Waals surface area contributed by atoms with Crippen LogP contribution in [0.4, 0.5) is 0 Å². The van der Waals surface area contributed by atoms with Crippen molar-refractivity contribution >= 4 is 0 Å². The number of rotatable bonds is 8. The van der Waals surface area contributed by atoms with E-state index in [-0.39, 0.29) is 0 Å². The fourth-order valence-electron chi connectivity index (χ4n) is 1.68. The molecule has 1 unspecified atom stereocenters. The number of aromatic nitrogens is 1. The summed E-state index contributed by atoms with van der Waals surface area (Å²) in [4.78, 5) is 4.40. The van der Waals surface area contributed by atoms with Crippen LogP contribution in [-0.2, 0) is 11.2 Å². The van der Waals surface area contributed by atoms with Gasteiger partial charge in [0.05, 0.1) is 13.7 Å². The van der Waals surface area contributed by atoms with Gasteiger partial charge in [-0.25, -0.2) is 4.98 Å². The molecule has 0 radical (unpaired) electrons. The third kappa shape index (κ3) is 5.15. The lowest BCUT2D eigenvalue weighted by Gasteiger charge is -2.17. The van der Waals surface area contributed by atoms with Crippen LogP contribution in [0.25, 0.3) is 0 Å². The van der Waals surface area contributed by atoms with Crippen LogP contribution in [0.1, 0.15) is 19.0 Å². The van der Waals surface area contributed by atoms with Gasteiger partial charge in [0, 0.05) is 31.3 Å². The summed E-state index contributed by atoms with van der Waals surface area (Å²) in [5.41, 5.74) is 1.02. The minimum atomic E-state index is 0.305. The number of hydrogen-bond acceptors (Lipinski definition) is 4. The lowest BCUT2D eigenvalue weighted by Crippen LogP contribution is -2.35. The van der Waals surface area contributed by atoms with E-state index in [9.17, 15) is 0 Å². The summed E-state index contributed by atoms with van der Waals surface area (Å²) in [5.74, 6) is 0.661. The number of ether oxygens (including phenoxy) is 2. The highest BCUT2D eigenvalue weighted by molar-refractivity contribution is 5.16. The molecule has 1 aromatic rings. The molecule has 4 nitrogen and oxygen atoms in total. The van der Waals surface area contributed by atoms with E-state index in [1.807, 2.05) is 18.2 Å². The third-order valence-corrected chi connectivity index (χ3v) is 2.50. The molecule has 1 N–H and O–H groups in total. The molecular weight excluding hydrogens is 216 g/mol. The maximum absolute atomic E-state index is 5.21. The Hall–Kier alpha value is -1.13. The van der Waals surface area contributed by atoms with Crippen molar-refractivity contribution in [2.45, 2.75) is 25.8 Å². The van der Waals surface area contributed by atoms with Crippen molar-refractivity contribution in [3.05, 3.63) is 23.9 Å². The maximum atomic E-state index is 5.21. The van der Waals surface area contributed by atoms with Gasteiger partial charge in [-0.05, 0) is 19.0 Å². The maximum Gasteiger partial charge on any atom is 0.213 e. The van der Waals surface area contributed by atoms with E-state index >= 15 is 0 Å². The van der Waals surface area contributed by atoms with Crippen LogP contribution in [0, 0.1) is 0 Å². The molecule has 96 valence electrons. The highest BCUT2D eigenvalue weighted by Gasteiger charge is 2.09. The summed E-state index contributed by atoms with van der Waals surface area (Å²) in [6, 6.07) is 6.14. The second kappa shape index (κ2) is 8.03. The first-order valence-electron chi connectivity index (χ1n) is 6.02. The summed E-state index contributed by atoms with van der Waals surface area (Å²) in [5, 5.41) is 3.45. The van der Waals surface area contributed by atoms with E-state index in [2.05, 4.69) is 17.2 Å². The Bertz CT molecular complexity index is 318. The van der Waals surface area contributed by atoms with Crippen molar-refractivity contribution in [2.75, 3.05) is 27.4 Å². The summed E-state index contributed by atoms with van der Waals surface area (Å²) >= 11 is 0. The average molecular weight is 238 g/mol. The van der Waals surface area contributed by atoms with Gasteiger partial charge >= 0.3 is 0 Å². The van der Waals surface area contributed by atoms with Gasteiger partial charge in [-0.15, -0.1) is 0 Å². The van der Waals surface area contributed by atoms with E-state index in [0.717, 1.165) is 25.1 Å². The third-order valence-electron chi connectivity index (χ3n) is 2.50. The van der Waals surface area contributed by atoms with Gasteiger partial charge in [-0.2, -0.15) is 0 Å². The molecule has 0 aliphatic heterocycles. The Morgan fingerprint density at radius 1 is 1.35 bits per heavy atom. The number of nitrogens with one attached hydrogen (secondary N) is 1. The fraction of sp³-hybridized carbons (Fsp3) is 0.615. The van der Waals surface area contributed by atoms with Crippen molar-refractivity contribution in [3.8, 4) is 5.88 Å². The van der Waals surface area contributed by atoms with Gasteiger partial charge in [0.1, 0.15) is 0 Å². The molecule has 4 heteroatoms. The van der Waals surface area contributed by atoms with E-state index in [4.69, 9.17) is 9.47 Å².